The minimum Gasteiger partial charge on any atom is -0.354 e. The largest absolute Gasteiger partial charge is 0.354 e. The molecular weight excluding hydrogens is 346 g/mol. The number of hydrogen-bond acceptors (Lipinski definition) is 3. The van der Waals surface area contributed by atoms with Crippen molar-refractivity contribution in [2.24, 2.45) is 23.7 Å². The van der Waals surface area contributed by atoms with Crippen LogP contribution in [0.4, 0.5) is 0 Å². The fourth-order valence-electron chi connectivity index (χ4n) is 6.00. The van der Waals surface area contributed by atoms with Gasteiger partial charge in [0.05, 0.1) is 5.54 Å². The van der Waals surface area contributed by atoms with Crippen LogP contribution in [0.15, 0.2) is 30.3 Å². The summed E-state index contributed by atoms with van der Waals surface area (Å²) in [4.78, 5) is 16.0. The Labute approximate surface area is 170 Å². The van der Waals surface area contributed by atoms with Gasteiger partial charge in [-0.05, 0) is 48.5 Å². The highest BCUT2D eigenvalue weighted by atomic mass is 16.2. The van der Waals surface area contributed by atoms with E-state index in [1.165, 1.54) is 5.56 Å². The number of hydrogen-bond donors (Lipinski definition) is 2. The first-order chi connectivity index (χ1) is 13.4. The van der Waals surface area contributed by atoms with Crippen LogP contribution in [0, 0.1) is 23.7 Å². The van der Waals surface area contributed by atoms with Crippen LogP contribution in [0.2, 0.25) is 0 Å². The van der Waals surface area contributed by atoms with Gasteiger partial charge in [0.2, 0.25) is 5.91 Å². The first-order valence-corrected chi connectivity index (χ1v) is 11.2. The molecule has 3 aliphatic heterocycles. The lowest BCUT2D eigenvalue weighted by atomic mass is 9.64. The van der Waals surface area contributed by atoms with E-state index < -0.39 is 0 Å². The van der Waals surface area contributed by atoms with Gasteiger partial charge < -0.3 is 10.6 Å². The van der Waals surface area contributed by atoms with Crippen LogP contribution < -0.4 is 10.6 Å². The summed E-state index contributed by atoms with van der Waals surface area (Å²) >= 11 is 0. The van der Waals surface area contributed by atoms with E-state index in [2.05, 4.69) is 73.6 Å². The molecular formula is C24H37N3O. The van der Waals surface area contributed by atoms with E-state index in [9.17, 15) is 4.79 Å². The Bertz CT molecular complexity index is 688. The molecule has 5 rings (SSSR count). The third kappa shape index (κ3) is 3.61. The molecule has 5 unspecified atom stereocenters. The average Bonchev–Trinajstić information content (AvgIpc) is 2.88. The maximum absolute atomic E-state index is 13.2. The topological polar surface area (TPSA) is 44.4 Å². The lowest BCUT2D eigenvalue weighted by Crippen LogP contribution is -2.69. The van der Waals surface area contributed by atoms with Crippen molar-refractivity contribution in [3.8, 4) is 0 Å². The van der Waals surface area contributed by atoms with Crippen LogP contribution in [0.25, 0.3) is 0 Å². The van der Waals surface area contributed by atoms with Gasteiger partial charge in [-0.1, -0.05) is 58.0 Å². The zero-order chi connectivity index (χ0) is 19.9. The Morgan fingerprint density at radius 2 is 1.89 bits per heavy atom. The standard InChI is InChI=1S/C24H37N3O/c1-16(2)13-25-23(28)24-11-19-20(14-26-24)22(12-24)27(15-17(3)4)21(19)10-18-8-6-5-7-9-18/h5-9,16-17,19-22,26H,10-15H2,1-4H3,(H,25,28). The molecule has 4 bridgehead atoms. The van der Waals surface area contributed by atoms with Crippen molar-refractivity contribution < 1.29 is 4.79 Å². The van der Waals surface area contributed by atoms with E-state index in [1.807, 2.05) is 0 Å². The quantitative estimate of drug-likeness (QED) is 0.761. The molecule has 1 saturated carbocycles. The van der Waals surface area contributed by atoms with Crippen LogP contribution in [0.3, 0.4) is 0 Å². The molecule has 1 aromatic rings. The summed E-state index contributed by atoms with van der Waals surface area (Å²) in [7, 11) is 0. The number of rotatable bonds is 7. The highest BCUT2D eigenvalue weighted by Gasteiger charge is 2.62. The lowest BCUT2D eigenvalue weighted by molar-refractivity contribution is -0.133. The van der Waals surface area contributed by atoms with E-state index in [0.29, 0.717) is 35.8 Å². The molecule has 4 aliphatic rings. The number of fused-ring (bicyclic) bond motifs is 1. The van der Waals surface area contributed by atoms with Gasteiger partial charge in [-0.15, -0.1) is 0 Å². The van der Waals surface area contributed by atoms with Gasteiger partial charge in [-0.2, -0.15) is 0 Å². The van der Waals surface area contributed by atoms with E-state index in [0.717, 1.165) is 38.9 Å². The Balaban J connectivity index is 1.58. The highest BCUT2D eigenvalue weighted by molar-refractivity contribution is 5.87. The molecule has 5 atom stereocenters. The Morgan fingerprint density at radius 3 is 2.57 bits per heavy atom. The zero-order valence-electron chi connectivity index (χ0n) is 17.9. The predicted octanol–water partition coefficient (Wildman–Crippen LogP) is 3.08. The summed E-state index contributed by atoms with van der Waals surface area (Å²) in [6.45, 7) is 11.9. The van der Waals surface area contributed by atoms with E-state index in [-0.39, 0.29) is 11.4 Å². The Hall–Kier alpha value is -1.39. The number of piperidine rings is 2. The highest BCUT2D eigenvalue weighted by Crippen LogP contribution is 2.52. The monoisotopic (exact) mass is 383 g/mol. The molecule has 3 saturated heterocycles. The summed E-state index contributed by atoms with van der Waals surface area (Å²) in [5.74, 6) is 2.67. The second kappa shape index (κ2) is 7.79. The van der Waals surface area contributed by atoms with Gasteiger partial charge in [-0.3, -0.25) is 9.69 Å². The van der Waals surface area contributed by atoms with Gasteiger partial charge in [0, 0.05) is 31.7 Å². The van der Waals surface area contributed by atoms with Crippen LogP contribution in [-0.2, 0) is 11.2 Å². The first kappa shape index (κ1) is 19.9. The summed E-state index contributed by atoms with van der Waals surface area (Å²) < 4.78 is 0. The molecule has 0 radical (unpaired) electrons. The molecule has 28 heavy (non-hydrogen) atoms. The Kier molecular flexibility index (Phi) is 5.54. The fourth-order valence-corrected chi connectivity index (χ4v) is 6.00. The molecule has 1 aliphatic carbocycles. The molecule has 2 N–H and O–H groups in total. The molecule has 0 aromatic heterocycles. The number of benzene rings is 1. The van der Waals surface area contributed by atoms with Gasteiger partial charge >= 0.3 is 0 Å². The third-order valence-corrected chi connectivity index (χ3v) is 7.18. The second-order valence-electron chi connectivity index (χ2n) is 10.2. The molecule has 4 nitrogen and oxygen atoms in total. The van der Waals surface area contributed by atoms with Gasteiger partial charge in [0.1, 0.15) is 0 Å². The van der Waals surface area contributed by atoms with Crippen molar-refractivity contribution in [3.63, 3.8) is 0 Å². The molecule has 1 amide bonds. The minimum atomic E-state index is -0.361. The van der Waals surface area contributed by atoms with E-state index in [1.54, 1.807) is 0 Å². The van der Waals surface area contributed by atoms with E-state index >= 15 is 0 Å². The van der Waals surface area contributed by atoms with Crippen LogP contribution >= 0.6 is 0 Å². The van der Waals surface area contributed by atoms with Crippen molar-refractivity contribution in [3.05, 3.63) is 35.9 Å². The number of carbonyl (C=O) groups is 1. The van der Waals surface area contributed by atoms with Gasteiger partial charge in [0.15, 0.2) is 0 Å². The van der Waals surface area contributed by atoms with Crippen molar-refractivity contribution >= 4 is 5.91 Å². The number of likely N-dealkylation sites (tertiary alicyclic amines) is 1. The Morgan fingerprint density at radius 1 is 1.14 bits per heavy atom. The zero-order valence-corrected chi connectivity index (χ0v) is 17.9. The number of nitrogens with one attached hydrogen (secondary N) is 2. The second-order valence-corrected chi connectivity index (χ2v) is 10.2. The maximum atomic E-state index is 13.2. The summed E-state index contributed by atoms with van der Waals surface area (Å²) in [5, 5.41) is 6.91. The predicted molar refractivity (Wildman–Crippen MR) is 114 cm³/mol. The molecule has 1 aromatic carbocycles. The molecule has 0 spiro atoms. The molecule has 4 fully saturated rings. The van der Waals surface area contributed by atoms with Gasteiger partial charge in [-0.25, -0.2) is 0 Å². The van der Waals surface area contributed by atoms with Gasteiger partial charge in [0.25, 0.3) is 0 Å². The molecule has 3 heterocycles. The van der Waals surface area contributed by atoms with E-state index in [4.69, 9.17) is 0 Å². The first-order valence-electron chi connectivity index (χ1n) is 11.2. The molecule has 4 heteroatoms. The van der Waals surface area contributed by atoms with Crippen molar-refractivity contribution in [1.82, 2.24) is 15.5 Å². The minimum absolute atomic E-state index is 0.235. The van der Waals surface area contributed by atoms with Crippen LogP contribution in [0.5, 0.6) is 0 Å². The summed E-state index contributed by atoms with van der Waals surface area (Å²) in [5.41, 5.74) is 1.07. The third-order valence-electron chi connectivity index (χ3n) is 7.18. The number of carbonyl (C=O) groups excluding carboxylic acids is 1. The number of amides is 1. The SMILES string of the molecule is CC(C)CNC(=O)C12CC3C(CN1)C(C2)N(CC(C)C)C3Cc1ccccc1. The molecule has 154 valence electrons. The summed E-state index contributed by atoms with van der Waals surface area (Å²) in [6.07, 6.45) is 3.06. The normalized spacial score (nSPS) is 34.4. The lowest BCUT2D eigenvalue weighted by Gasteiger charge is -2.50. The van der Waals surface area contributed by atoms with Crippen molar-refractivity contribution in [2.45, 2.75) is 64.6 Å². The van der Waals surface area contributed by atoms with Crippen molar-refractivity contribution in [1.29, 1.82) is 0 Å². The van der Waals surface area contributed by atoms with Crippen LogP contribution in [0.1, 0.15) is 46.1 Å². The number of nitrogens with zero attached hydrogens (tertiary/aromatic N) is 1. The van der Waals surface area contributed by atoms with Crippen molar-refractivity contribution in [2.75, 3.05) is 19.6 Å². The fraction of sp³-hybridized carbons (Fsp3) is 0.708. The summed E-state index contributed by atoms with van der Waals surface area (Å²) in [6, 6.07) is 12.0. The average molecular weight is 384 g/mol. The van der Waals surface area contributed by atoms with Crippen LogP contribution in [-0.4, -0.2) is 48.1 Å². The maximum Gasteiger partial charge on any atom is 0.240 e. The smallest absolute Gasteiger partial charge is 0.240 e.